The quantitative estimate of drug-likeness (QED) is 0.916. The average Bonchev–Trinajstić information content (AvgIpc) is 2.91. The highest BCUT2D eigenvalue weighted by molar-refractivity contribution is 5.32. The normalized spacial score (nSPS) is 18.0. The Morgan fingerprint density at radius 1 is 1.38 bits per heavy atom. The minimum Gasteiger partial charge on any atom is -0.395 e. The molecule has 0 radical (unpaired) electrons. The minimum absolute atomic E-state index is 0.184. The Balaban J connectivity index is 1.86. The topological polar surface area (TPSA) is 41.3 Å². The van der Waals surface area contributed by atoms with Gasteiger partial charge in [-0.05, 0) is 30.4 Å². The maximum Gasteiger partial charge on any atom is 0.122 e. The number of hydrogen-bond donors (Lipinski definition) is 1. The Morgan fingerprint density at radius 2 is 2.24 bits per heavy atom. The predicted octanol–water partition coefficient (Wildman–Crippen LogP) is 2.29. The summed E-state index contributed by atoms with van der Waals surface area (Å²) in [6.07, 6.45) is 7.34. The van der Waals surface area contributed by atoms with Crippen LogP contribution in [0.4, 0.5) is 0 Å². The molecule has 1 atom stereocenters. The summed E-state index contributed by atoms with van der Waals surface area (Å²) in [6.45, 7) is 1.65. The van der Waals surface area contributed by atoms with Gasteiger partial charge in [0.15, 0.2) is 0 Å². The van der Waals surface area contributed by atoms with E-state index in [1.54, 1.807) is 0 Å². The maximum absolute atomic E-state index is 9.44. The highest BCUT2D eigenvalue weighted by atomic mass is 16.3. The number of aromatic nitrogens is 2. The summed E-state index contributed by atoms with van der Waals surface area (Å²) < 4.78 is 2.05. The van der Waals surface area contributed by atoms with Crippen LogP contribution in [0, 0.1) is 0 Å². The second-order valence-corrected chi connectivity index (χ2v) is 5.76. The fraction of sp³-hybridized carbons (Fsp3) is 0.471. The first-order valence-corrected chi connectivity index (χ1v) is 7.68. The zero-order valence-electron chi connectivity index (χ0n) is 12.6. The number of fused-ring (bicyclic) bond motifs is 1. The molecule has 0 fully saturated rings. The first-order chi connectivity index (χ1) is 10.3. The van der Waals surface area contributed by atoms with Crippen molar-refractivity contribution in [2.45, 2.75) is 31.8 Å². The van der Waals surface area contributed by atoms with Crippen LogP contribution >= 0.6 is 0 Å². The number of nitrogens with zero attached hydrogens (tertiary/aromatic N) is 3. The van der Waals surface area contributed by atoms with Gasteiger partial charge in [-0.25, -0.2) is 4.98 Å². The van der Waals surface area contributed by atoms with Crippen molar-refractivity contribution >= 4 is 0 Å². The molecule has 2 aromatic rings. The number of hydrogen-bond acceptors (Lipinski definition) is 3. The molecule has 1 unspecified atom stereocenters. The predicted molar refractivity (Wildman–Crippen MR) is 82.8 cm³/mol. The van der Waals surface area contributed by atoms with E-state index >= 15 is 0 Å². The molecular weight excluding hydrogens is 262 g/mol. The standard InChI is InChI=1S/C17H23N3O/c1-19-10-9-18-17(19)13-20(11-12-21)16-8-4-6-14-5-2-3-7-15(14)16/h2-3,5,7,9-10,16,21H,4,6,8,11-13H2,1H3. The van der Waals surface area contributed by atoms with Crippen LogP contribution in [0.2, 0.25) is 0 Å². The van der Waals surface area contributed by atoms with E-state index in [9.17, 15) is 5.11 Å². The van der Waals surface area contributed by atoms with Gasteiger partial charge in [0.1, 0.15) is 5.82 Å². The molecule has 4 nitrogen and oxygen atoms in total. The van der Waals surface area contributed by atoms with Crippen molar-refractivity contribution in [3.05, 3.63) is 53.6 Å². The van der Waals surface area contributed by atoms with Gasteiger partial charge in [-0.1, -0.05) is 24.3 Å². The van der Waals surface area contributed by atoms with E-state index in [1.165, 1.54) is 24.0 Å². The number of benzene rings is 1. The molecule has 1 aliphatic carbocycles. The van der Waals surface area contributed by atoms with E-state index < -0.39 is 0 Å². The molecule has 112 valence electrons. The Kier molecular flexibility index (Phi) is 4.36. The lowest BCUT2D eigenvalue weighted by molar-refractivity contribution is 0.127. The van der Waals surface area contributed by atoms with E-state index in [0.717, 1.165) is 18.8 Å². The largest absolute Gasteiger partial charge is 0.395 e. The van der Waals surface area contributed by atoms with Gasteiger partial charge in [0.2, 0.25) is 0 Å². The van der Waals surface area contributed by atoms with Gasteiger partial charge in [0.25, 0.3) is 0 Å². The lowest BCUT2D eigenvalue weighted by Crippen LogP contribution is -2.34. The van der Waals surface area contributed by atoms with E-state index in [4.69, 9.17) is 0 Å². The van der Waals surface area contributed by atoms with Crippen molar-refractivity contribution in [2.24, 2.45) is 7.05 Å². The van der Waals surface area contributed by atoms with Crippen LogP contribution in [0.3, 0.4) is 0 Å². The molecule has 0 bridgehead atoms. The second-order valence-electron chi connectivity index (χ2n) is 5.76. The van der Waals surface area contributed by atoms with E-state index in [1.807, 2.05) is 19.4 Å². The summed E-state index contributed by atoms with van der Waals surface area (Å²) in [5.41, 5.74) is 2.88. The van der Waals surface area contributed by atoms with Crippen LogP contribution in [0.25, 0.3) is 0 Å². The molecule has 0 saturated carbocycles. The second kappa shape index (κ2) is 6.41. The van der Waals surface area contributed by atoms with Crippen molar-refractivity contribution < 1.29 is 5.11 Å². The van der Waals surface area contributed by atoms with Crippen LogP contribution in [0.15, 0.2) is 36.7 Å². The van der Waals surface area contributed by atoms with Gasteiger partial charge in [0.05, 0.1) is 13.2 Å². The third-order valence-corrected chi connectivity index (χ3v) is 4.43. The summed E-state index contributed by atoms with van der Waals surface area (Å²) in [4.78, 5) is 6.79. The van der Waals surface area contributed by atoms with Gasteiger partial charge < -0.3 is 9.67 Å². The highest BCUT2D eigenvalue weighted by Crippen LogP contribution is 2.34. The molecule has 21 heavy (non-hydrogen) atoms. The molecule has 3 rings (SSSR count). The van der Waals surface area contributed by atoms with E-state index in [-0.39, 0.29) is 6.61 Å². The summed E-state index contributed by atoms with van der Waals surface area (Å²) in [5.74, 6) is 1.05. The summed E-state index contributed by atoms with van der Waals surface area (Å²) >= 11 is 0. The summed E-state index contributed by atoms with van der Waals surface area (Å²) in [7, 11) is 2.02. The molecular formula is C17H23N3O. The fourth-order valence-electron chi connectivity index (χ4n) is 3.31. The fourth-order valence-corrected chi connectivity index (χ4v) is 3.31. The third kappa shape index (κ3) is 3.01. The van der Waals surface area contributed by atoms with Crippen LogP contribution in [0.5, 0.6) is 0 Å². The first kappa shape index (κ1) is 14.3. The van der Waals surface area contributed by atoms with Gasteiger partial charge >= 0.3 is 0 Å². The highest BCUT2D eigenvalue weighted by Gasteiger charge is 2.26. The number of aliphatic hydroxyl groups is 1. The molecule has 4 heteroatoms. The maximum atomic E-state index is 9.44. The molecule has 0 amide bonds. The van der Waals surface area contributed by atoms with Gasteiger partial charge in [-0.3, -0.25) is 4.90 Å². The van der Waals surface area contributed by atoms with Crippen molar-refractivity contribution in [3.8, 4) is 0 Å². The lowest BCUT2D eigenvalue weighted by atomic mass is 9.87. The zero-order chi connectivity index (χ0) is 14.7. The Labute approximate surface area is 126 Å². The zero-order valence-corrected chi connectivity index (χ0v) is 12.6. The van der Waals surface area contributed by atoms with Crippen molar-refractivity contribution in [1.29, 1.82) is 0 Å². The van der Waals surface area contributed by atoms with Crippen LogP contribution in [0.1, 0.15) is 35.8 Å². The molecule has 1 aliphatic rings. The van der Waals surface area contributed by atoms with E-state index in [2.05, 4.69) is 38.7 Å². The lowest BCUT2D eigenvalue weighted by Gasteiger charge is -2.35. The molecule has 0 aliphatic heterocycles. The monoisotopic (exact) mass is 285 g/mol. The van der Waals surface area contributed by atoms with Crippen LogP contribution in [-0.4, -0.2) is 32.7 Å². The van der Waals surface area contributed by atoms with Crippen LogP contribution in [-0.2, 0) is 20.0 Å². The number of imidazole rings is 1. The summed E-state index contributed by atoms with van der Waals surface area (Å²) in [5, 5.41) is 9.44. The van der Waals surface area contributed by atoms with Crippen molar-refractivity contribution in [3.63, 3.8) is 0 Å². The third-order valence-electron chi connectivity index (χ3n) is 4.43. The molecule has 1 aromatic carbocycles. The van der Waals surface area contributed by atoms with Crippen molar-refractivity contribution in [1.82, 2.24) is 14.5 Å². The van der Waals surface area contributed by atoms with Gasteiger partial charge in [-0.15, -0.1) is 0 Å². The molecule has 1 N–H and O–H groups in total. The first-order valence-electron chi connectivity index (χ1n) is 7.68. The molecule has 1 heterocycles. The Morgan fingerprint density at radius 3 is 3.00 bits per heavy atom. The number of aryl methyl sites for hydroxylation is 2. The SMILES string of the molecule is Cn1ccnc1CN(CCO)C1CCCc2ccccc21. The number of aliphatic hydroxyl groups excluding tert-OH is 1. The van der Waals surface area contributed by atoms with Crippen LogP contribution < -0.4 is 0 Å². The van der Waals surface area contributed by atoms with Gasteiger partial charge in [0, 0.05) is 32.0 Å². The summed E-state index contributed by atoms with van der Waals surface area (Å²) in [6, 6.07) is 9.10. The minimum atomic E-state index is 0.184. The van der Waals surface area contributed by atoms with Crippen molar-refractivity contribution in [2.75, 3.05) is 13.2 Å². The molecule has 0 saturated heterocycles. The van der Waals surface area contributed by atoms with E-state index in [0.29, 0.717) is 12.6 Å². The van der Waals surface area contributed by atoms with Gasteiger partial charge in [-0.2, -0.15) is 0 Å². The average molecular weight is 285 g/mol. The Hall–Kier alpha value is -1.65. The number of rotatable bonds is 5. The Bertz CT molecular complexity index is 593. The smallest absolute Gasteiger partial charge is 0.122 e. The molecule has 0 spiro atoms. The molecule has 1 aromatic heterocycles.